The van der Waals surface area contributed by atoms with Gasteiger partial charge in [0.1, 0.15) is 0 Å². The maximum Gasteiger partial charge on any atom is 0.0628 e. The fraction of sp³-hybridized carbons (Fsp3) is 1.00. The summed E-state index contributed by atoms with van der Waals surface area (Å²) in [6, 6.07) is 0. The van der Waals surface area contributed by atoms with Crippen LogP contribution in [0.3, 0.4) is 0 Å². The molecule has 2 saturated carbocycles. The van der Waals surface area contributed by atoms with Gasteiger partial charge in [-0.25, -0.2) is 0 Å². The fourth-order valence-electron chi connectivity index (χ4n) is 6.00. The molecule has 0 aromatic rings. The summed E-state index contributed by atoms with van der Waals surface area (Å²) in [5, 5.41) is 0.464. The van der Waals surface area contributed by atoms with Crippen molar-refractivity contribution in [3.63, 3.8) is 0 Å². The first-order valence-corrected chi connectivity index (χ1v) is 14.2. The van der Waals surface area contributed by atoms with Crippen LogP contribution in [-0.4, -0.2) is 29.5 Å². The maximum atomic E-state index is 7.68. The minimum atomic E-state index is -0.275. The van der Waals surface area contributed by atoms with Crippen LogP contribution in [0.2, 0.25) is 11.1 Å². The minimum absolute atomic E-state index is 0.232. The minimum Gasteiger partial charge on any atom is -0.376 e. The molecule has 0 radical (unpaired) electrons. The highest BCUT2D eigenvalue weighted by Crippen LogP contribution is 2.55. The van der Waals surface area contributed by atoms with Crippen molar-refractivity contribution < 1.29 is 4.74 Å². The molecule has 0 saturated heterocycles. The predicted molar refractivity (Wildman–Crippen MR) is 118 cm³/mol. The zero-order valence-electron chi connectivity index (χ0n) is 18.6. The monoisotopic (exact) mass is 382 g/mol. The second kappa shape index (κ2) is 7.79. The van der Waals surface area contributed by atoms with E-state index in [1.807, 2.05) is 0 Å². The molecule has 0 N–H and O–H groups in total. The second-order valence-electron chi connectivity index (χ2n) is 11.5. The summed E-state index contributed by atoms with van der Waals surface area (Å²) < 4.78 is 7.68. The molecule has 0 aromatic heterocycles. The van der Waals surface area contributed by atoms with Crippen LogP contribution < -0.4 is 0 Å². The van der Waals surface area contributed by atoms with Gasteiger partial charge in [0.2, 0.25) is 0 Å². The quantitative estimate of drug-likeness (QED) is 0.544. The molecule has 148 valence electrons. The standard InChI is InChI=1S/C22H46OSi2/c1-17(2)24-21(15-11-9-13-19(21,5)6)23-22(25-18(3)4)16-12-10-14-20(22,7)8/h17-18H,9-16,24-25H2,1-8H3. The van der Waals surface area contributed by atoms with Gasteiger partial charge in [-0.15, -0.1) is 0 Å². The van der Waals surface area contributed by atoms with Gasteiger partial charge in [0.05, 0.1) is 29.5 Å². The van der Waals surface area contributed by atoms with Crippen molar-refractivity contribution in [2.75, 3.05) is 0 Å². The SMILES string of the molecule is CC(C)[SiH2]C1(OC2([SiH2]C(C)C)CCCCC2(C)C)CCCCC1(C)C. The zero-order chi connectivity index (χ0) is 18.9. The molecule has 0 aliphatic heterocycles. The number of hydrogen-bond acceptors (Lipinski definition) is 1. The van der Waals surface area contributed by atoms with Crippen LogP contribution in [0.4, 0.5) is 0 Å². The molecular weight excluding hydrogens is 336 g/mol. The van der Waals surface area contributed by atoms with Crippen molar-refractivity contribution in [2.45, 2.75) is 128 Å². The van der Waals surface area contributed by atoms with E-state index in [-0.39, 0.29) is 29.5 Å². The summed E-state index contributed by atoms with van der Waals surface area (Å²) >= 11 is 0. The molecule has 0 aromatic carbocycles. The first kappa shape index (κ1) is 21.7. The molecule has 2 fully saturated rings. The summed E-state index contributed by atoms with van der Waals surface area (Å²) in [4.78, 5) is 0. The number of hydrogen-bond donors (Lipinski definition) is 0. The van der Waals surface area contributed by atoms with Gasteiger partial charge in [-0.05, 0) is 36.5 Å². The molecule has 0 heterocycles. The van der Waals surface area contributed by atoms with Gasteiger partial charge in [0, 0.05) is 0 Å². The van der Waals surface area contributed by atoms with Crippen LogP contribution in [0.5, 0.6) is 0 Å². The van der Waals surface area contributed by atoms with Gasteiger partial charge in [0.15, 0.2) is 0 Å². The van der Waals surface area contributed by atoms with Gasteiger partial charge in [-0.2, -0.15) is 0 Å². The molecule has 2 aliphatic rings. The normalized spacial score (nSPS) is 36.2. The summed E-state index contributed by atoms with van der Waals surface area (Å²) in [6.07, 6.45) is 11.0. The molecule has 2 aliphatic carbocycles. The Morgan fingerprint density at radius 3 is 1.20 bits per heavy atom. The second-order valence-corrected chi connectivity index (χ2v) is 17.8. The molecule has 2 atom stereocenters. The van der Waals surface area contributed by atoms with Crippen LogP contribution >= 0.6 is 0 Å². The number of ether oxygens (including phenoxy) is 1. The Hall–Kier alpha value is 0.394. The summed E-state index contributed by atoms with van der Waals surface area (Å²) in [5.41, 5.74) is 2.44. The number of rotatable bonds is 6. The van der Waals surface area contributed by atoms with E-state index in [0.29, 0.717) is 10.8 Å². The van der Waals surface area contributed by atoms with Crippen LogP contribution in [0.15, 0.2) is 0 Å². The summed E-state index contributed by atoms with van der Waals surface area (Å²) in [6.45, 7) is 20.0. The molecule has 0 spiro atoms. The molecule has 3 heteroatoms. The van der Waals surface area contributed by atoms with Crippen molar-refractivity contribution >= 4 is 19.0 Å². The largest absolute Gasteiger partial charge is 0.376 e. The van der Waals surface area contributed by atoms with Crippen molar-refractivity contribution in [3.8, 4) is 0 Å². The van der Waals surface area contributed by atoms with E-state index in [1.54, 1.807) is 0 Å². The Morgan fingerprint density at radius 2 is 0.920 bits per heavy atom. The first-order chi connectivity index (χ1) is 11.5. The fourth-order valence-corrected chi connectivity index (χ4v) is 11.9. The molecule has 2 rings (SSSR count). The third-order valence-corrected chi connectivity index (χ3v) is 13.5. The Balaban J connectivity index is 2.45. The van der Waals surface area contributed by atoms with Crippen molar-refractivity contribution in [3.05, 3.63) is 0 Å². The highest BCUT2D eigenvalue weighted by atomic mass is 28.2. The Morgan fingerprint density at radius 1 is 0.600 bits per heavy atom. The van der Waals surface area contributed by atoms with Crippen LogP contribution in [-0.2, 0) is 4.74 Å². The van der Waals surface area contributed by atoms with E-state index >= 15 is 0 Å². The van der Waals surface area contributed by atoms with Crippen molar-refractivity contribution in [2.24, 2.45) is 10.8 Å². The van der Waals surface area contributed by atoms with Crippen LogP contribution in [0.25, 0.3) is 0 Å². The lowest BCUT2D eigenvalue weighted by Gasteiger charge is -2.60. The molecule has 25 heavy (non-hydrogen) atoms. The lowest BCUT2D eigenvalue weighted by atomic mass is 9.71. The Labute approximate surface area is 163 Å². The molecule has 0 amide bonds. The predicted octanol–water partition coefficient (Wildman–Crippen LogP) is 5.59. The molecule has 1 nitrogen and oxygen atoms in total. The van der Waals surface area contributed by atoms with Crippen molar-refractivity contribution in [1.82, 2.24) is 0 Å². The van der Waals surface area contributed by atoms with Crippen LogP contribution in [0, 0.1) is 10.8 Å². The van der Waals surface area contributed by atoms with E-state index < -0.39 is 0 Å². The first-order valence-electron chi connectivity index (χ1n) is 11.2. The van der Waals surface area contributed by atoms with E-state index in [1.165, 1.54) is 51.4 Å². The third-order valence-electron chi connectivity index (χ3n) is 7.60. The van der Waals surface area contributed by atoms with Gasteiger partial charge in [-0.3, -0.25) is 0 Å². The van der Waals surface area contributed by atoms with Gasteiger partial charge >= 0.3 is 0 Å². The maximum absolute atomic E-state index is 7.68. The Kier molecular flexibility index (Phi) is 6.76. The lowest BCUT2D eigenvalue weighted by molar-refractivity contribution is -0.193. The van der Waals surface area contributed by atoms with Gasteiger partial charge in [-0.1, -0.05) is 92.2 Å². The summed E-state index contributed by atoms with van der Waals surface area (Å²) in [5.74, 6) is 0. The van der Waals surface area contributed by atoms with E-state index in [4.69, 9.17) is 4.74 Å². The highest BCUT2D eigenvalue weighted by Gasteiger charge is 2.56. The summed E-state index contributed by atoms with van der Waals surface area (Å²) in [7, 11) is -0.550. The van der Waals surface area contributed by atoms with Gasteiger partial charge in [0.25, 0.3) is 0 Å². The van der Waals surface area contributed by atoms with Crippen LogP contribution in [0.1, 0.15) is 107 Å². The smallest absolute Gasteiger partial charge is 0.0628 e. The lowest BCUT2D eigenvalue weighted by Crippen LogP contribution is -2.65. The Bertz CT molecular complexity index is 403. The van der Waals surface area contributed by atoms with Gasteiger partial charge < -0.3 is 4.74 Å². The average molecular weight is 383 g/mol. The van der Waals surface area contributed by atoms with E-state index in [9.17, 15) is 0 Å². The van der Waals surface area contributed by atoms with E-state index in [2.05, 4.69) is 55.4 Å². The van der Waals surface area contributed by atoms with Crippen molar-refractivity contribution in [1.29, 1.82) is 0 Å². The molecular formula is C22H46OSi2. The molecule has 2 unspecified atom stereocenters. The average Bonchev–Trinajstić information content (AvgIpc) is 2.44. The zero-order valence-corrected chi connectivity index (χ0v) is 21.5. The third kappa shape index (κ3) is 4.46. The highest BCUT2D eigenvalue weighted by molar-refractivity contribution is 6.44. The molecule has 0 bridgehead atoms. The topological polar surface area (TPSA) is 9.23 Å². The van der Waals surface area contributed by atoms with E-state index in [0.717, 1.165) is 11.1 Å².